The van der Waals surface area contributed by atoms with Crippen LogP contribution in [-0.4, -0.2) is 10.9 Å². The van der Waals surface area contributed by atoms with Crippen molar-refractivity contribution >= 4 is 22.9 Å². The van der Waals surface area contributed by atoms with Gasteiger partial charge in [0.1, 0.15) is 5.69 Å². The highest BCUT2D eigenvalue weighted by molar-refractivity contribution is 7.09. The lowest BCUT2D eigenvalue weighted by Gasteiger charge is -2.07. The summed E-state index contributed by atoms with van der Waals surface area (Å²) in [4.78, 5) is 16.4. The molecule has 25 heavy (non-hydrogen) atoms. The van der Waals surface area contributed by atoms with Crippen molar-refractivity contribution < 1.29 is 18.0 Å². The van der Waals surface area contributed by atoms with Crippen molar-refractivity contribution in [1.82, 2.24) is 4.98 Å². The molecule has 0 bridgehead atoms. The Morgan fingerprint density at radius 2 is 1.84 bits per heavy atom. The van der Waals surface area contributed by atoms with E-state index in [0.717, 1.165) is 12.1 Å². The summed E-state index contributed by atoms with van der Waals surface area (Å²) in [5.41, 5.74) is 0.707. The van der Waals surface area contributed by atoms with Gasteiger partial charge in [0.05, 0.1) is 10.6 Å². The van der Waals surface area contributed by atoms with Gasteiger partial charge < -0.3 is 5.32 Å². The number of carbonyl (C=O) groups excluding carboxylic acids is 1. The first kappa shape index (κ1) is 17.2. The molecule has 7 heteroatoms. The number of thiazole rings is 1. The number of hydrogen-bond acceptors (Lipinski definition) is 3. The van der Waals surface area contributed by atoms with Crippen molar-refractivity contribution in [3.63, 3.8) is 0 Å². The third-order valence-electron chi connectivity index (χ3n) is 3.43. The monoisotopic (exact) mass is 362 g/mol. The van der Waals surface area contributed by atoms with Crippen LogP contribution in [0.4, 0.5) is 18.9 Å². The number of hydrogen-bond donors (Lipinski definition) is 1. The normalized spacial score (nSPS) is 11.3. The standard InChI is InChI=1S/C18H13F3N2OS/c19-18(20,21)13-6-4-5-12(9-13)10-16-23-15(11-25-16)17(24)22-14-7-2-1-3-8-14/h1-9,11H,10H2,(H,22,24). The van der Waals surface area contributed by atoms with Gasteiger partial charge in [0.15, 0.2) is 0 Å². The van der Waals surface area contributed by atoms with Crippen LogP contribution in [0.25, 0.3) is 0 Å². The quantitative estimate of drug-likeness (QED) is 0.709. The van der Waals surface area contributed by atoms with Gasteiger partial charge in [-0.15, -0.1) is 11.3 Å². The molecular weight excluding hydrogens is 349 g/mol. The third kappa shape index (κ3) is 4.45. The predicted molar refractivity (Wildman–Crippen MR) is 90.8 cm³/mol. The SMILES string of the molecule is O=C(Nc1ccccc1)c1csc(Cc2cccc(C(F)(F)F)c2)n1. The molecule has 0 atom stereocenters. The van der Waals surface area contributed by atoms with Crippen LogP contribution >= 0.6 is 11.3 Å². The number of rotatable bonds is 4. The van der Waals surface area contributed by atoms with E-state index < -0.39 is 11.7 Å². The van der Waals surface area contributed by atoms with E-state index in [4.69, 9.17) is 0 Å². The number of para-hydroxylation sites is 1. The summed E-state index contributed by atoms with van der Waals surface area (Å²) in [6.45, 7) is 0. The second kappa shape index (κ2) is 7.06. The van der Waals surface area contributed by atoms with E-state index in [-0.39, 0.29) is 18.0 Å². The summed E-state index contributed by atoms with van der Waals surface area (Å²) in [5, 5.41) is 4.90. The minimum atomic E-state index is -4.38. The van der Waals surface area contributed by atoms with E-state index in [2.05, 4.69) is 10.3 Å². The van der Waals surface area contributed by atoms with Crippen LogP contribution in [0.2, 0.25) is 0 Å². The average Bonchev–Trinajstić information content (AvgIpc) is 3.04. The molecule has 0 aliphatic carbocycles. The van der Waals surface area contributed by atoms with Crippen molar-refractivity contribution in [3.8, 4) is 0 Å². The molecule has 1 amide bonds. The lowest BCUT2D eigenvalue weighted by Crippen LogP contribution is -2.12. The molecular formula is C18H13F3N2OS. The summed E-state index contributed by atoms with van der Waals surface area (Å²) >= 11 is 1.24. The van der Waals surface area contributed by atoms with Gasteiger partial charge >= 0.3 is 6.18 Å². The van der Waals surface area contributed by atoms with E-state index in [0.29, 0.717) is 16.3 Å². The Hall–Kier alpha value is -2.67. The highest BCUT2D eigenvalue weighted by atomic mass is 32.1. The fourth-order valence-corrected chi connectivity index (χ4v) is 3.05. The van der Waals surface area contributed by atoms with Gasteiger partial charge in [-0.05, 0) is 23.8 Å². The van der Waals surface area contributed by atoms with E-state index in [1.54, 1.807) is 35.7 Å². The topological polar surface area (TPSA) is 42.0 Å². The van der Waals surface area contributed by atoms with Crippen LogP contribution in [0.1, 0.15) is 26.6 Å². The summed E-state index contributed by atoms with van der Waals surface area (Å²) in [6, 6.07) is 14.1. The van der Waals surface area contributed by atoms with Crippen LogP contribution in [0.15, 0.2) is 60.0 Å². The number of amides is 1. The summed E-state index contributed by atoms with van der Waals surface area (Å²) in [6.07, 6.45) is -4.13. The van der Waals surface area contributed by atoms with Crippen molar-refractivity contribution in [1.29, 1.82) is 0 Å². The Labute approximate surface area is 146 Å². The summed E-state index contributed by atoms with van der Waals surface area (Å²) in [5.74, 6) is -0.349. The van der Waals surface area contributed by atoms with E-state index in [1.165, 1.54) is 17.4 Å². The lowest BCUT2D eigenvalue weighted by molar-refractivity contribution is -0.137. The zero-order valence-electron chi connectivity index (χ0n) is 12.9. The largest absolute Gasteiger partial charge is 0.416 e. The molecule has 3 nitrogen and oxygen atoms in total. The molecule has 0 spiro atoms. The first-order valence-electron chi connectivity index (χ1n) is 7.39. The smallest absolute Gasteiger partial charge is 0.321 e. The Kier molecular flexibility index (Phi) is 4.85. The first-order valence-corrected chi connectivity index (χ1v) is 8.27. The molecule has 0 radical (unpaired) electrons. The lowest BCUT2D eigenvalue weighted by atomic mass is 10.1. The number of aromatic nitrogens is 1. The molecule has 0 saturated heterocycles. The van der Waals surface area contributed by atoms with Gasteiger partial charge in [-0.2, -0.15) is 13.2 Å². The highest BCUT2D eigenvalue weighted by Gasteiger charge is 2.30. The molecule has 128 valence electrons. The summed E-state index contributed by atoms with van der Waals surface area (Å²) in [7, 11) is 0. The van der Waals surface area contributed by atoms with Gasteiger partial charge in [0, 0.05) is 17.5 Å². The predicted octanol–water partition coefficient (Wildman–Crippen LogP) is 5.01. The maximum Gasteiger partial charge on any atom is 0.416 e. The Balaban J connectivity index is 1.71. The molecule has 0 aliphatic rings. The number of anilines is 1. The molecule has 1 N–H and O–H groups in total. The third-order valence-corrected chi connectivity index (χ3v) is 4.27. The van der Waals surface area contributed by atoms with Gasteiger partial charge in [0.25, 0.3) is 5.91 Å². The average molecular weight is 362 g/mol. The number of nitrogens with one attached hydrogen (secondary N) is 1. The highest BCUT2D eigenvalue weighted by Crippen LogP contribution is 2.30. The van der Waals surface area contributed by atoms with Crippen molar-refractivity contribution in [2.75, 3.05) is 5.32 Å². The van der Waals surface area contributed by atoms with Gasteiger partial charge in [-0.3, -0.25) is 4.79 Å². The van der Waals surface area contributed by atoms with Crippen LogP contribution in [0.5, 0.6) is 0 Å². The van der Waals surface area contributed by atoms with E-state index in [9.17, 15) is 18.0 Å². The Morgan fingerprint density at radius 1 is 1.08 bits per heavy atom. The summed E-state index contributed by atoms with van der Waals surface area (Å²) < 4.78 is 38.3. The van der Waals surface area contributed by atoms with Crippen LogP contribution in [0.3, 0.4) is 0 Å². The molecule has 0 unspecified atom stereocenters. The number of halogens is 3. The van der Waals surface area contributed by atoms with E-state index >= 15 is 0 Å². The van der Waals surface area contributed by atoms with Gasteiger partial charge in [-0.1, -0.05) is 36.4 Å². The number of alkyl halides is 3. The van der Waals surface area contributed by atoms with Gasteiger partial charge in [-0.25, -0.2) is 4.98 Å². The van der Waals surface area contributed by atoms with Crippen LogP contribution in [-0.2, 0) is 12.6 Å². The van der Waals surface area contributed by atoms with Gasteiger partial charge in [0.2, 0.25) is 0 Å². The minimum Gasteiger partial charge on any atom is -0.321 e. The zero-order valence-corrected chi connectivity index (χ0v) is 13.7. The van der Waals surface area contributed by atoms with Crippen molar-refractivity contribution in [3.05, 3.63) is 81.8 Å². The minimum absolute atomic E-state index is 0.243. The maximum absolute atomic E-state index is 12.8. The molecule has 3 aromatic rings. The number of benzene rings is 2. The van der Waals surface area contributed by atoms with Crippen LogP contribution < -0.4 is 5.32 Å². The maximum atomic E-state index is 12.8. The Bertz CT molecular complexity index is 875. The molecule has 0 saturated carbocycles. The van der Waals surface area contributed by atoms with E-state index in [1.807, 2.05) is 6.07 Å². The molecule has 0 fully saturated rings. The second-order valence-electron chi connectivity index (χ2n) is 5.32. The molecule has 1 aromatic heterocycles. The number of nitrogens with zero attached hydrogens (tertiary/aromatic N) is 1. The van der Waals surface area contributed by atoms with Crippen molar-refractivity contribution in [2.45, 2.75) is 12.6 Å². The number of carbonyl (C=O) groups is 1. The Morgan fingerprint density at radius 3 is 2.56 bits per heavy atom. The van der Waals surface area contributed by atoms with Crippen LogP contribution in [0, 0.1) is 0 Å². The molecule has 2 aromatic carbocycles. The zero-order chi connectivity index (χ0) is 17.9. The second-order valence-corrected chi connectivity index (χ2v) is 6.26. The molecule has 0 aliphatic heterocycles. The molecule has 3 rings (SSSR count). The van der Waals surface area contributed by atoms with Crippen molar-refractivity contribution in [2.24, 2.45) is 0 Å². The fourth-order valence-electron chi connectivity index (χ4n) is 2.25. The fraction of sp³-hybridized carbons (Fsp3) is 0.111. The first-order chi connectivity index (χ1) is 11.9. The molecule has 1 heterocycles.